The SMILES string of the molecule is Fc1ccc(F)c([C@H]2CCCN2C2=NC3=CCN(C4CC4)N3C=C2)c1. The van der Waals surface area contributed by atoms with E-state index < -0.39 is 5.82 Å². The van der Waals surface area contributed by atoms with Crippen LogP contribution in [0.1, 0.15) is 37.3 Å². The van der Waals surface area contributed by atoms with E-state index in [0.29, 0.717) is 11.6 Å². The van der Waals surface area contributed by atoms with Crippen molar-refractivity contribution in [1.82, 2.24) is 14.9 Å². The van der Waals surface area contributed by atoms with Gasteiger partial charge in [0.1, 0.15) is 23.3 Å². The lowest BCUT2D eigenvalue weighted by Crippen LogP contribution is -2.38. The number of hydrogen-bond acceptors (Lipinski definition) is 4. The van der Waals surface area contributed by atoms with E-state index in [4.69, 9.17) is 4.99 Å². The highest BCUT2D eigenvalue weighted by Crippen LogP contribution is 2.37. The van der Waals surface area contributed by atoms with Crippen molar-refractivity contribution in [3.05, 3.63) is 59.6 Å². The van der Waals surface area contributed by atoms with E-state index in [2.05, 4.69) is 27.2 Å². The second-order valence-corrected chi connectivity index (χ2v) is 7.06. The van der Waals surface area contributed by atoms with Gasteiger partial charge in [0.15, 0.2) is 0 Å². The standard InChI is InChI=1S/C19H20F2N4/c20-13-3-6-16(21)15(12-13)17-2-1-9-23(17)18-7-11-25-19(22-18)8-10-24(25)14-4-5-14/h3,6-8,11-12,14,17H,1-2,4-5,9-10H2/t17-/m1/s1. The van der Waals surface area contributed by atoms with Crippen LogP contribution < -0.4 is 0 Å². The van der Waals surface area contributed by atoms with Gasteiger partial charge in [-0.1, -0.05) is 0 Å². The molecule has 2 fully saturated rings. The molecule has 25 heavy (non-hydrogen) atoms. The maximum Gasteiger partial charge on any atom is 0.146 e. The van der Waals surface area contributed by atoms with Gasteiger partial charge < -0.3 is 4.90 Å². The van der Waals surface area contributed by atoms with Gasteiger partial charge >= 0.3 is 0 Å². The lowest BCUT2D eigenvalue weighted by Gasteiger charge is -2.33. The van der Waals surface area contributed by atoms with Crippen LogP contribution in [-0.2, 0) is 0 Å². The molecule has 0 unspecified atom stereocenters. The molecule has 3 aliphatic heterocycles. The van der Waals surface area contributed by atoms with E-state index in [9.17, 15) is 8.78 Å². The summed E-state index contributed by atoms with van der Waals surface area (Å²) in [5, 5.41) is 4.45. The zero-order chi connectivity index (χ0) is 17.0. The first-order valence-electron chi connectivity index (χ1n) is 8.95. The van der Waals surface area contributed by atoms with Gasteiger partial charge in [-0.3, -0.25) is 5.01 Å². The Hall–Kier alpha value is -2.21. The number of likely N-dealkylation sites (tertiary alicyclic amines) is 1. The quantitative estimate of drug-likeness (QED) is 0.820. The highest BCUT2D eigenvalue weighted by Gasteiger charge is 2.38. The van der Waals surface area contributed by atoms with Gasteiger partial charge in [-0.15, -0.1) is 0 Å². The Morgan fingerprint density at radius 3 is 2.84 bits per heavy atom. The van der Waals surface area contributed by atoms with Gasteiger partial charge in [0, 0.05) is 30.9 Å². The van der Waals surface area contributed by atoms with E-state index in [1.165, 1.54) is 31.0 Å². The number of hydrogen-bond donors (Lipinski definition) is 0. The molecule has 130 valence electrons. The van der Waals surface area contributed by atoms with Crippen molar-refractivity contribution in [1.29, 1.82) is 0 Å². The minimum atomic E-state index is -0.394. The zero-order valence-corrected chi connectivity index (χ0v) is 13.9. The average molecular weight is 342 g/mol. The van der Waals surface area contributed by atoms with Crippen LogP contribution in [0.2, 0.25) is 0 Å². The summed E-state index contributed by atoms with van der Waals surface area (Å²) in [6.07, 6.45) is 10.4. The molecular formula is C19H20F2N4. The lowest BCUT2D eigenvalue weighted by atomic mass is 10.0. The van der Waals surface area contributed by atoms with Crippen LogP contribution in [0.3, 0.4) is 0 Å². The first-order chi connectivity index (χ1) is 12.2. The Kier molecular flexibility index (Phi) is 3.41. The fourth-order valence-electron chi connectivity index (χ4n) is 4.03. The zero-order valence-electron chi connectivity index (χ0n) is 13.9. The van der Waals surface area contributed by atoms with Crippen LogP contribution in [0.25, 0.3) is 0 Å². The summed E-state index contributed by atoms with van der Waals surface area (Å²) in [5.74, 6) is 1.04. The third-order valence-corrected chi connectivity index (χ3v) is 5.40. The molecule has 0 amide bonds. The largest absolute Gasteiger partial charge is 0.349 e. The van der Waals surface area contributed by atoms with E-state index in [-0.39, 0.29) is 11.9 Å². The third kappa shape index (κ3) is 2.56. The topological polar surface area (TPSA) is 22.1 Å². The molecule has 1 aromatic carbocycles. The van der Waals surface area contributed by atoms with Gasteiger partial charge in [0.05, 0.1) is 6.04 Å². The number of fused-ring (bicyclic) bond motifs is 1. The maximum absolute atomic E-state index is 14.2. The van der Waals surface area contributed by atoms with E-state index in [0.717, 1.165) is 37.6 Å². The van der Waals surface area contributed by atoms with Crippen molar-refractivity contribution < 1.29 is 8.78 Å². The molecule has 1 saturated heterocycles. The summed E-state index contributed by atoms with van der Waals surface area (Å²) in [6, 6.07) is 4.18. The van der Waals surface area contributed by atoms with Gasteiger partial charge in [-0.05, 0) is 56.0 Å². The van der Waals surface area contributed by atoms with Gasteiger partial charge in [0.25, 0.3) is 0 Å². The van der Waals surface area contributed by atoms with Crippen molar-refractivity contribution in [3.8, 4) is 0 Å². The summed E-state index contributed by atoms with van der Waals surface area (Å²) < 4.78 is 27.9. The Bertz CT molecular complexity index is 797. The molecule has 4 aliphatic rings. The number of aliphatic imine (C=N–C) groups is 1. The molecule has 1 aliphatic carbocycles. The fraction of sp³-hybridized carbons (Fsp3) is 0.421. The first kappa shape index (κ1) is 15.1. The average Bonchev–Trinajstić information content (AvgIpc) is 3.19. The summed E-state index contributed by atoms with van der Waals surface area (Å²) in [5.41, 5.74) is 0.427. The first-order valence-corrected chi connectivity index (χ1v) is 8.95. The molecule has 6 heteroatoms. The molecule has 0 N–H and O–H groups in total. The van der Waals surface area contributed by atoms with Crippen molar-refractivity contribution in [2.75, 3.05) is 13.1 Å². The number of halogens is 2. The van der Waals surface area contributed by atoms with E-state index in [1.54, 1.807) is 0 Å². The molecule has 4 nitrogen and oxygen atoms in total. The van der Waals surface area contributed by atoms with Crippen LogP contribution in [0.15, 0.2) is 47.4 Å². The Balaban J connectivity index is 1.42. The Labute approximate surface area is 145 Å². The monoisotopic (exact) mass is 342 g/mol. The molecule has 0 aromatic heterocycles. The Morgan fingerprint density at radius 1 is 1.12 bits per heavy atom. The van der Waals surface area contributed by atoms with Gasteiger partial charge in [-0.25, -0.2) is 18.8 Å². The lowest BCUT2D eigenvalue weighted by molar-refractivity contribution is 0.0786. The Morgan fingerprint density at radius 2 is 2.00 bits per heavy atom. The van der Waals surface area contributed by atoms with Crippen molar-refractivity contribution in [3.63, 3.8) is 0 Å². The second-order valence-electron chi connectivity index (χ2n) is 7.06. The van der Waals surface area contributed by atoms with Crippen LogP contribution in [0.5, 0.6) is 0 Å². The summed E-state index contributed by atoms with van der Waals surface area (Å²) in [4.78, 5) is 6.90. The normalized spacial score (nSPS) is 26.1. The molecule has 0 spiro atoms. The summed E-state index contributed by atoms with van der Waals surface area (Å²) >= 11 is 0. The predicted octanol–water partition coefficient (Wildman–Crippen LogP) is 3.56. The highest BCUT2D eigenvalue weighted by molar-refractivity contribution is 5.95. The molecule has 0 radical (unpaired) electrons. The highest BCUT2D eigenvalue weighted by atomic mass is 19.1. The molecular weight excluding hydrogens is 322 g/mol. The predicted molar refractivity (Wildman–Crippen MR) is 91.3 cm³/mol. The number of hydrazine groups is 1. The fourth-order valence-corrected chi connectivity index (χ4v) is 4.03. The molecule has 0 bridgehead atoms. The van der Waals surface area contributed by atoms with Crippen LogP contribution >= 0.6 is 0 Å². The molecule has 5 rings (SSSR count). The number of nitrogens with zero attached hydrogens (tertiary/aromatic N) is 4. The third-order valence-electron chi connectivity index (χ3n) is 5.40. The number of amidine groups is 1. The van der Waals surface area contributed by atoms with Gasteiger partial charge in [-0.2, -0.15) is 0 Å². The van der Waals surface area contributed by atoms with Crippen LogP contribution in [-0.4, -0.2) is 39.9 Å². The molecule has 1 saturated carbocycles. The van der Waals surface area contributed by atoms with Crippen LogP contribution in [0.4, 0.5) is 8.78 Å². The van der Waals surface area contributed by atoms with Crippen LogP contribution in [0, 0.1) is 11.6 Å². The summed E-state index contributed by atoms with van der Waals surface area (Å²) in [6.45, 7) is 1.70. The number of benzene rings is 1. The number of rotatable bonds is 2. The van der Waals surface area contributed by atoms with E-state index in [1.807, 2.05) is 6.08 Å². The molecule has 3 heterocycles. The van der Waals surface area contributed by atoms with Crippen molar-refractivity contribution in [2.45, 2.75) is 37.8 Å². The molecule has 1 atom stereocenters. The second kappa shape index (κ2) is 5.66. The smallest absolute Gasteiger partial charge is 0.146 e. The summed E-state index contributed by atoms with van der Waals surface area (Å²) in [7, 11) is 0. The van der Waals surface area contributed by atoms with E-state index >= 15 is 0 Å². The van der Waals surface area contributed by atoms with Gasteiger partial charge in [0.2, 0.25) is 0 Å². The maximum atomic E-state index is 14.2. The minimum absolute atomic E-state index is 0.160. The van der Waals surface area contributed by atoms with Crippen molar-refractivity contribution >= 4 is 5.84 Å². The van der Waals surface area contributed by atoms with Crippen molar-refractivity contribution in [2.24, 2.45) is 4.99 Å². The molecule has 1 aromatic rings. The minimum Gasteiger partial charge on any atom is -0.349 e.